The monoisotopic (exact) mass is 189 g/mol. The summed E-state index contributed by atoms with van der Waals surface area (Å²) < 4.78 is 0. The molecule has 72 valence electrons. The lowest BCUT2D eigenvalue weighted by Crippen LogP contribution is -2.28. The first kappa shape index (κ1) is 10.4. The highest BCUT2D eigenvalue weighted by molar-refractivity contribution is 7.99. The van der Waals surface area contributed by atoms with E-state index in [9.17, 15) is 0 Å². The molecular weight excluding hydrogens is 170 g/mol. The van der Waals surface area contributed by atoms with E-state index in [0.717, 1.165) is 13.1 Å². The Morgan fingerprint density at radius 3 is 2.75 bits per heavy atom. The van der Waals surface area contributed by atoms with Gasteiger partial charge in [-0.05, 0) is 18.6 Å². The normalized spacial score (nSPS) is 19.5. The molecule has 0 radical (unpaired) electrons. The maximum atomic E-state index is 9.01. The number of hydrogen-bond donors (Lipinski definition) is 2. The van der Waals surface area contributed by atoms with Crippen LogP contribution in [0.2, 0.25) is 0 Å². The fourth-order valence-electron chi connectivity index (χ4n) is 1.21. The number of hydrogen-bond acceptors (Lipinski definition) is 3. The van der Waals surface area contributed by atoms with E-state index in [4.69, 9.17) is 5.11 Å². The van der Waals surface area contributed by atoms with Crippen molar-refractivity contribution in [2.24, 2.45) is 5.41 Å². The third-order valence-corrected chi connectivity index (χ3v) is 3.32. The Hall–Kier alpha value is 0.270. The topological polar surface area (TPSA) is 32.3 Å². The number of thioether (sulfide) groups is 1. The van der Waals surface area contributed by atoms with Crippen molar-refractivity contribution >= 4 is 11.8 Å². The smallest absolute Gasteiger partial charge is 0.0499 e. The van der Waals surface area contributed by atoms with Crippen LogP contribution in [-0.2, 0) is 0 Å². The highest BCUT2D eigenvalue weighted by Crippen LogP contribution is 2.44. The Balaban J connectivity index is 1.89. The van der Waals surface area contributed by atoms with E-state index in [1.54, 1.807) is 0 Å². The van der Waals surface area contributed by atoms with Gasteiger partial charge in [-0.15, -0.1) is 0 Å². The summed E-state index contributed by atoms with van der Waals surface area (Å²) in [7, 11) is 0. The van der Waals surface area contributed by atoms with Crippen LogP contribution in [0.25, 0.3) is 0 Å². The molecular formula is C9H19NOS. The number of rotatable bonds is 7. The lowest BCUT2D eigenvalue weighted by Gasteiger charge is -2.11. The van der Waals surface area contributed by atoms with Gasteiger partial charge in [0.2, 0.25) is 0 Å². The molecule has 1 rings (SSSR count). The standard InChI is InChI=1S/C9H19NOS/c1-2-12-6-5-10-7-9(8-11)3-4-9/h10-11H,2-8H2,1H3. The van der Waals surface area contributed by atoms with Gasteiger partial charge in [-0.2, -0.15) is 11.8 Å². The minimum absolute atomic E-state index is 0.275. The van der Waals surface area contributed by atoms with Gasteiger partial charge >= 0.3 is 0 Å². The first-order valence-electron chi connectivity index (χ1n) is 4.72. The second kappa shape index (κ2) is 5.10. The summed E-state index contributed by atoms with van der Waals surface area (Å²) in [6.45, 7) is 4.63. The van der Waals surface area contributed by atoms with Crippen LogP contribution >= 0.6 is 11.8 Å². The number of aliphatic hydroxyl groups excluding tert-OH is 1. The Labute approximate surface area is 79.1 Å². The molecule has 0 amide bonds. The SMILES string of the molecule is CCSCCNCC1(CO)CC1. The molecule has 3 heteroatoms. The molecule has 1 saturated carbocycles. The van der Waals surface area contributed by atoms with Crippen LogP contribution < -0.4 is 5.32 Å². The number of aliphatic hydroxyl groups is 1. The van der Waals surface area contributed by atoms with Crippen molar-refractivity contribution in [1.29, 1.82) is 0 Å². The van der Waals surface area contributed by atoms with Crippen molar-refractivity contribution < 1.29 is 5.11 Å². The van der Waals surface area contributed by atoms with Crippen LogP contribution in [0, 0.1) is 5.41 Å². The van der Waals surface area contributed by atoms with Crippen molar-refractivity contribution in [2.75, 3.05) is 31.2 Å². The zero-order valence-corrected chi connectivity index (χ0v) is 8.62. The van der Waals surface area contributed by atoms with Gasteiger partial charge in [0.05, 0.1) is 0 Å². The van der Waals surface area contributed by atoms with Crippen molar-refractivity contribution in [3.8, 4) is 0 Å². The molecule has 1 aliphatic rings. The Morgan fingerprint density at radius 1 is 1.50 bits per heavy atom. The Kier molecular flexibility index (Phi) is 4.40. The predicted octanol–water partition coefficient (Wildman–Crippen LogP) is 1.10. The average molecular weight is 189 g/mol. The van der Waals surface area contributed by atoms with Crippen LogP contribution in [0.3, 0.4) is 0 Å². The first-order chi connectivity index (χ1) is 5.83. The molecule has 0 spiro atoms. The van der Waals surface area contributed by atoms with Gasteiger partial charge in [0.15, 0.2) is 0 Å². The van der Waals surface area contributed by atoms with Crippen LogP contribution in [0.4, 0.5) is 0 Å². The quantitative estimate of drug-likeness (QED) is 0.588. The summed E-state index contributed by atoms with van der Waals surface area (Å²) in [5, 5.41) is 12.4. The molecule has 0 aliphatic heterocycles. The molecule has 0 unspecified atom stereocenters. The van der Waals surface area contributed by atoms with Crippen molar-refractivity contribution in [1.82, 2.24) is 5.32 Å². The van der Waals surface area contributed by atoms with E-state index < -0.39 is 0 Å². The van der Waals surface area contributed by atoms with E-state index in [0.29, 0.717) is 6.61 Å². The minimum Gasteiger partial charge on any atom is -0.396 e. The number of nitrogens with one attached hydrogen (secondary N) is 1. The molecule has 0 saturated heterocycles. The fraction of sp³-hybridized carbons (Fsp3) is 1.00. The maximum Gasteiger partial charge on any atom is 0.0499 e. The molecule has 1 fully saturated rings. The second-order valence-corrected chi connectivity index (χ2v) is 4.93. The molecule has 0 aromatic heterocycles. The van der Waals surface area contributed by atoms with Gasteiger partial charge in [-0.3, -0.25) is 0 Å². The van der Waals surface area contributed by atoms with Crippen molar-refractivity contribution in [3.63, 3.8) is 0 Å². The van der Waals surface area contributed by atoms with Crippen LogP contribution in [0.5, 0.6) is 0 Å². The molecule has 2 N–H and O–H groups in total. The summed E-state index contributed by atoms with van der Waals surface area (Å²) in [4.78, 5) is 0. The fourth-order valence-corrected chi connectivity index (χ4v) is 1.79. The lowest BCUT2D eigenvalue weighted by molar-refractivity contribution is 0.208. The van der Waals surface area contributed by atoms with Crippen molar-refractivity contribution in [3.05, 3.63) is 0 Å². The summed E-state index contributed by atoms with van der Waals surface area (Å²) in [5.74, 6) is 2.39. The molecule has 0 bridgehead atoms. The van der Waals surface area contributed by atoms with Gasteiger partial charge in [-0.25, -0.2) is 0 Å². The van der Waals surface area contributed by atoms with Crippen molar-refractivity contribution in [2.45, 2.75) is 19.8 Å². The highest BCUT2D eigenvalue weighted by atomic mass is 32.2. The van der Waals surface area contributed by atoms with Crippen LogP contribution in [-0.4, -0.2) is 36.3 Å². The lowest BCUT2D eigenvalue weighted by atomic mass is 10.1. The summed E-state index contributed by atoms with van der Waals surface area (Å²) in [5.41, 5.74) is 0.275. The highest BCUT2D eigenvalue weighted by Gasteiger charge is 2.41. The zero-order chi connectivity index (χ0) is 8.86. The van der Waals surface area contributed by atoms with E-state index >= 15 is 0 Å². The molecule has 0 aromatic carbocycles. The molecule has 0 atom stereocenters. The van der Waals surface area contributed by atoms with Gasteiger partial charge in [0.1, 0.15) is 0 Å². The minimum atomic E-state index is 0.275. The summed E-state index contributed by atoms with van der Waals surface area (Å²) >= 11 is 1.96. The van der Waals surface area contributed by atoms with E-state index in [2.05, 4.69) is 12.2 Å². The summed E-state index contributed by atoms with van der Waals surface area (Å²) in [6, 6.07) is 0. The third kappa shape index (κ3) is 3.33. The first-order valence-corrected chi connectivity index (χ1v) is 5.88. The second-order valence-electron chi connectivity index (χ2n) is 3.53. The molecule has 1 aliphatic carbocycles. The third-order valence-electron chi connectivity index (χ3n) is 2.42. The molecule has 2 nitrogen and oxygen atoms in total. The van der Waals surface area contributed by atoms with E-state index in [1.807, 2.05) is 11.8 Å². The van der Waals surface area contributed by atoms with Gasteiger partial charge in [0, 0.05) is 30.9 Å². The van der Waals surface area contributed by atoms with Gasteiger partial charge in [-0.1, -0.05) is 6.92 Å². The molecule has 0 heterocycles. The maximum absolute atomic E-state index is 9.01. The van der Waals surface area contributed by atoms with Gasteiger partial charge < -0.3 is 10.4 Å². The zero-order valence-electron chi connectivity index (χ0n) is 7.81. The molecule has 0 aromatic rings. The van der Waals surface area contributed by atoms with Gasteiger partial charge in [0.25, 0.3) is 0 Å². The van der Waals surface area contributed by atoms with Crippen LogP contribution in [0.15, 0.2) is 0 Å². The average Bonchev–Trinajstić information content (AvgIpc) is 2.85. The Morgan fingerprint density at radius 2 is 2.25 bits per heavy atom. The van der Waals surface area contributed by atoms with E-state index in [1.165, 1.54) is 24.3 Å². The van der Waals surface area contributed by atoms with Crippen LogP contribution in [0.1, 0.15) is 19.8 Å². The largest absolute Gasteiger partial charge is 0.396 e. The van der Waals surface area contributed by atoms with E-state index in [-0.39, 0.29) is 5.41 Å². The summed E-state index contributed by atoms with van der Waals surface area (Å²) in [6.07, 6.45) is 2.41. The Bertz CT molecular complexity index is 126. The molecule has 12 heavy (non-hydrogen) atoms. The predicted molar refractivity (Wildman–Crippen MR) is 54.6 cm³/mol.